The molecule has 2 aromatic carbocycles. The van der Waals surface area contributed by atoms with Crippen LogP contribution in [0.15, 0.2) is 42.5 Å². The second-order valence-electron chi connectivity index (χ2n) is 5.96. The molecule has 3 rings (SSSR count). The first kappa shape index (κ1) is 15.7. The minimum atomic E-state index is -0.590. The first-order chi connectivity index (χ1) is 11.1. The smallest absolute Gasteiger partial charge is 0.227 e. The molecular weight excluding hydrogens is 296 g/mol. The zero-order valence-corrected chi connectivity index (χ0v) is 12.8. The van der Waals surface area contributed by atoms with Crippen molar-refractivity contribution in [3.63, 3.8) is 0 Å². The van der Waals surface area contributed by atoms with Crippen molar-refractivity contribution >= 4 is 5.91 Å². The number of amides is 1. The number of benzene rings is 2. The highest BCUT2D eigenvalue weighted by Gasteiger charge is 2.25. The molecule has 0 bridgehead atoms. The van der Waals surface area contributed by atoms with Crippen LogP contribution in [0.3, 0.4) is 0 Å². The monoisotopic (exact) mass is 315 g/mol. The summed E-state index contributed by atoms with van der Waals surface area (Å²) in [5, 5.41) is 2.90. The maximum Gasteiger partial charge on any atom is 0.227 e. The third-order valence-electron chi connectivity index (χ3n) is 4.32. The van der Waals surface area contributed by atoms with E-state index in [9.17, 15) is 13.6 Å². The van der Waals surface area contributed by atoms with E-state index in [0.717, 1.165) is 30.9 Å². The summed E-state index contributed by atoms with van der Waals surface area (Å²) in [7, 11) is 0. The summed E-state index contributed by atoms with van der Waals surface area (Å²) >= 11 is 0. The summed E-state index contributed by atoms with van der Waals surface area (Å²) < 4.78 is 26.3. The topological polar surface area (TPSA) is 29.1 Å². The van der Waals surface area contributed by atoms with Crippen LogP contribution in [0.5, 0.6) is 0 Å². The van der Waals surface area contributed by atoms with E-state index < -0.39 is 11.6 Å². The number of nitrogens with one attached hydrogen (secondary N) is 1. The zero-order valence-electron chi connectivity index (χ0n) is 12.8. The van der Waals surface area contributed by atoms with Crippen LogP contribution in [0.2, 0.25) is 0 Å². The summed E-state index contributed by atoms with van der Waals surface area (Å²) in [5.74, 6) is -1.31. The fourth-order valence-corrected chi connectivity index (χ4v) is 3.23. The van der Waals surface area contributed by atoms with Crippen LogP contribution in [0.25, 0.3) is 0 Å². The second-order valence-corrected chi connectivity index (χ2v) is 5.96. The van der Waals surface area contributed by atoms with Crippen LogP contribution in [0.1, 0.15) is 35.4 Å². The summed E-state index contributed by atoms with van der Waals surface area (Å²) in [6.07, 6.45) is 3.28. The molecule has 0 saturated carbocycles. The van der Waals surface area contributed by atoms with Crippen LogP contribution in [-0.4, -0.2) is 12.5 Å². The van der Waals surface area contributed by atoms with Crippen molar-refractivity contribution in [3.8, 4) is 0 Å². The molecule has 1 aliphatic rings. The number of carbonyl (C=O) groups excluding carboxylic acids is 1. The Balaban J connectivity index is 1.60. The SMILES string of the molecule is O=C(NCCc1cc(F)cc(F)c1)C1CCCc2ccccc21. The van der Waals surface area contributed by atoms with Gasteiger partial charge in [0.25, 0.3) is 0 Å². The first-order valence-corrected chi connectivity index (χ1v) is 7.94. The van der Waals surface area contributed by atoms with Gasteiger partial charge in [-0.1, -0.05) is 24.3 Å². The van der Waals surface area contributed by atoms with E-state index >= 15 is 0 Å². The van der Waals surface area contributed by atoms with Crippen molar-refractivity contribution in [2.24, 2.45) is 0 Å². The Labute approximate surface area is 134 Å². The molecule has 1 N–H and O–H groups in total. The Morgan fingerprint density at radius 1 is 1.13 bits per heavy atom. The number of carbonyl (C=O) groups is 1. The van der Waals surface area contributed by atoms with Gasteiger partial charge in [-0.2, -0.15) is 0 Å². The molecule has 2 aromatic rings. The number of halogens is 2. The van der Waals surface area contributed by atoms with Gasteiger partial charge < -0.3 is 5.32 Å². The van der Waals surface area contributed by atoms with E-state index in [0.29, 0.717) is 18.5 Å². The third kappa shape index (κ3) is 3.76. The molecule has 1 aliphatic carbocycles. The predicted octanol–water partition coefficient (Wildman–Crippen LogP) is 3.74. The fourth-order valence-electron chi connectivity index (χ4n) is 3.23. The zero-order chi connectivity index (χ0) is 16.2. The highest BCUT2D eigenvalue weighted by atomic mass is 19.1. The fraction of sp³-hybridized carbons (Fsp3) is 0.316. The highest BCUT2D eigenvalue weighted by Crippen LogP contribution is 2.31. The Morgan fingerprint density at radius 3 is 2.65 bits per heavy atom. The average molecular weight is 315 g/mol. The lowest BCUT2D eigenvalue weighted by atomic mass is 9.82. The van der Waals surface area contributed by atoms with Crippen molar-refractivity contribution in [3.05, 3.63) is 70.8 Å². The molecule has 0 radical (unpaired) electrons. The van der Waals surface area contributed by atoms with Crippen molar-refractivity contribution < 1.29 is 13.6 Å². The molecule has 0 heterocycles. The van der Waals surface area contributed by atoms with Gasteiger partial charge in [0.05, 0.1) is 5.92 Å². The van der Waals surface area contributed by atoms with Crippen molar-refractivity contribution in [2.45, 2.75) is 31.6 Å². The number of fused-ring (bicyclic) bond motifs is 1. The molecule has 1 atom stereocenters. The Hall–Kier alpha value is -2.23. The molecule has 4 heteroatoms. The molecule has 2 nitrogen and oxygen atoms in total. The maximum atomic E-state index is 13.1. The summed E-state index contributed by atoms with van der Waals surface area (Å²) in [5.41, 5.74) is 2.89. The average Bonchev–Trinajstić information content (AvgIpc) is 2.53. The molecule has 0 aliphatic heterocycles. The van der Waals surface area contributed by atoms with Gasteiger partial charge in [-0.3, -0.25) is 4.79 Å². The van der Waals surface area contributed by atoms with Gasteiger partial charge in [-0.15, -0.1) is 0 Å². The predicted molar refractivity (Wildman–Crippen MR) is 85.2 cm³/mol. The maximum absolute atomic E-state index is 13.1. The van der Waals surface area contributed by atoms with Crippen LogP contribution >= 0.6 is 0 Å². The summed E-state index contributed by atoms with van der Waals surface area (Å²) in [6.45, 7) is 0.375. The minimum absolute atomic E-state index is 0.00553. The molecule has 0 aromatic heterocycles. The van der Waals surface area contributed by atoms with Gasteiger partial charge in [0.15, 0.2) is 0 Å². The molecule has 1 amide bonds. The van der Waals surface area contributed by atoms with E-state index in [2.05, 4.69) is 11.4 Å². The molecular formula is C19H19F2NO. The summed E-state index contributed by atoms with van der Waals surface area (Å²) in [4.78, 5) is 12.4. The van der Waals surface area contributed by atoms with Crippen LogP contribution < -0.4 is 5.32 Å². The molecule has 0 fully saturated rings. The van der Waals surface area contributed by atoms with Crippen LogP contribution in [0, 0.1) is 11.6 Å². The van der Waals surface area contributed by atoms with Crippen LogP contribution in [0.4, 0.5) is 8.78 Å². The van der Waals surface area contributed by atoms with E-state index in [1.165, 1.54) is 17.7 Å². The Bertz CT molecular complexity index is 694. The lowest BCUT2D eigenvalue weighted by Gasteiger charge is -2.24. The number of rotatable bonds is 4. The molecule has 120 valence electrons. The van der Waals surface area contributed by atoms with E-state index in [4.69, 9.17) is 0 Å². The molecule has 0 spiro atoms. The van der Waals surface area contributed by atoms with E-state index in [1.807, 2.05) is 18.2 Å². The van der Waals surface area contributed by atoms with Crippen LogP contribution in [-0.2, 0) is 17.6 Å². The Morgan fingerprint density at radius 2 is 1.87 bits per heavy atom. The largest absolute Gasteiger partial charge is 0.355 e. The van der Waals surface area contributed by atoms with Gasteiger partial charge in [0, 0.05) is 12.6 Å². The highest BCUT2D eigenvalue weighted by molar-refractivity contribution is 5.84. The Kier molecular flexibility index (Phi) is 4.70. The lowest BCUT2D eigenvalue weighted by Crippen LogP contribution is -2.32. The van der Waals surface area contributed by atoms with Crippen molar-refractivity contribution in [1.29, 1.82) is 0 Å². The van der Waals surface area contributed by atoms with E-state index in [1.54, 1.807) is 0 Å². The van der Waals surface area contributed by atoms with E-state index in [-0.39, 0.29) is 11.8 Å². The van der Waals surface area contributed by atoms with Crippen molar-refractivity contribution in [2.75, 3.05) is 6.54 Å². The number of hydrogen-bond acceptors (Lipinski definition) is 1. The third-order valence-corrected chi connectivity index (χ3v) is 4.32. The minimum Gasteiger partial charge on any atom is -0.355 e. The standard InChI is InChI=1S/C19H19F2NO/c20-15-10-13(11-16(21)12-15)8-9-22-19(23)18-7-3-5-14-4-1-2-6-17(14)18/h1-2,4,6,10-12,18H,3,5,7-9H2,(H,22,23). The van der Waals surface area contributed by atoms with Crippen molar-refractivity contribution in [1.82, 2.24) is 5.32 Å². The number of hydrogen-bond donors (Lipinski definition) is 1. The van der Waals surface area contributed by atoms with Gasteiger partial charge in [-0.05, 0) is 54.5 Å². The molecule has 23 heavy (non-hydrogen) atoms. The molecule has 1 unspecified atom stereocenters. The van der Waals surface area contributed by atoms with Gasteiger partial charge >= 0.3 is 0 Å². The lowest BCUT2D eigenvalue weighted by molar-refractivity contribution is -0.122. The number of aryl methyl sites for hydroxylation is 1. The van der Waals surface area contributed by atoms with Gasteiger partial charge in [0.1, 0.15) is 11.6 Å². The summed E-state index contributed by atoms with van der Waals surface area (Å²) in [6, 6.07) is 11.5. The van der Waals surface area contributed by atoms with Gasteiger partial charge in [0.2, 0.25) is 5.91 Å². The quantitative estimate of drug-likeness (QED) is 0.915. The normalized spacial score (nSPS) is 16.7. The van der Waals surface area contributed by atoms with Gasteiger partial charge in [-0.25, -0.2) is 8.78 Å². The molecule has 0 saturated heterocycles. The first-order valence-electron chi connectivity index (χ1n) is 7.94. The second kappa shape index (κ2) is 6.90.